The van der Waals surface area contributed by atoms with Gasteiger partial charge in [0.15, 0.2) is 5.84 Å². The Morgan fingerprint density at radius 2 is 1.46 bits per heavy atom. The van der Waals surface area contributed by atoms with Crippen LogP contribution in [0.1, 0.15) is 25.0 Å². The Morgan fingerprint density at radius 1 is 0.857 bits per heavy atom. The highest BCUT2D eigenvalue weighted by atomic mass is 15.7. The van der Waals surface area contributed by atoms with Crippen molar-refractivity contribution in [2.24, 2.45) is 5.10 Å². The van der Waals surface area contributed by atoms with Crippen LogP contribution in [0, 0.1) is 0 Å². The molecule has 0 aliphatic carbocycles. The molecule has 0 aromatic heterocycles. The van der Waals surface area contributed by atoms with Gasteiger partial charge >= 0.3 is 0 Å². The molecule has 4 rings (SSSR count). The summed E-state index contributed by atoms with van der Waals surface area (Å²) in [6.45, 7) is 4.80. The van der Waals surface area contributed by atoms with E-state index in [1.165, 1.54) is 11.1 Å². The van der Waals surface area contributed by atoms with Crippen molar-refractivity contribution in [1.29, 1.82) is 0 Å². The van der Waals surface area contributed by atoms with Crippen LogP contribution >= 0.6 is 0 Å². The van der Waals surface area contributed by atoms with Gasteiger partial charge < -0.3 is 0 Å². The molecule has 0 amide bonds. The average molecular weight is 368 g/mol. The smallest absolute Gasteiger partial charge is 0.172 e. The first-order valence-corrected chi connectivity index (χ1v) is 9.49. The zero-order valence-electron chi connectivity index (χ0n) is 16.2. The van der Waals surface area contributed by atoms with E-state index in [2.05, 4.69) is 78.9 Å². The molecule has 3 aromatic rings. The van der Waals surface area contributed by atoms with Crippen molar-refractivity contribution in [3.63, 3.8) is 0 Å². The first kappa shape index (κ1) is 17.9. The molecule has 0 bridgehead atoms. The molecule has 28 heavy (non-hydrogen) atoms. The Kier molecular flexibility index (Phi) is 5.11. The number of allylic oxidation sites excluding steroid dienone is 2. The topological polar surface area (TPSA) is 30.9 Å². The summed E-state index contributed by atoms with van der Waals surface area (Å²) in [5.41, 5.74) is 9.17. The van der Waals surface area contributed by atoms with E-state index < -0.39 is 0 Å². The molecule has 140 valence electrons. The van der Waals surface area contributed by atoms with Crippen LogP contribution in [-0.2, 0) is 0 Å². The summed E-state index contributed by atoms with van der Waals surface area (Å²) < 4.78 is 0. The van der Waals surface area contributed by atoms with Crippen molar-refractivity contribution in [1.82, 2.24) is 5.43 Å². The van der Waals surface area contributed by atoms with Gasteiger partial charge in [-0.05, 0) is 49.2 Å². The normalized spacial score (nSPS) is 14.5. The molecule has 0 atom stereocenters. The zero-order valence-corrected chi connectivity index (χ0v) is 16.2. The number of hydrazone groups is 1. The number of hydrazine groups is 1. The lowest BCUT2D eigenvalue weighted by Gasteiger charge is -2.36. The standard InChI is InChI=1S/C24H24N4/c1-3-19(2)20-14-16-21(17-15-20)24-25-27(22-10-6-4-7-11-22)18-28(26-24)23-12-8-5-9-13-23/h3-17H,18H2,1-2H3,(H,25,26)/b19-3-. The van der Waals surface area contributed by atoms with Gasteiger partial charge in [-0.3, -0.25) is 10.4 Å². The van der Waals surface area contributed by atoms with Crippen LogP contribution in [0.25, 0.3) is 5.57 Å². The van der Waals surface area contributed by atoms with Crippen molar-refractivity contribution in [2.75, 3.05) is 16.7 Å². The minimum absolute atomic E-state index is 0.618. The minimum atomic E-state index is 0.618. The zero-order chi connectivity index (χ0) is 19.3. The first-order valence-electron chi connectivity index (χ1n) is 9.49. The number of para-hydroxylation sites is 2. The van der Waals surface area contributed by atoms with Gasteiger partial charge in [0.05, 0.1) is 11.4 Å². The molecule has 0 saturated heterocycles. The second-order valence-electron chi connectivity index (χ2n) is 6.75. The first-order chi connectivity index (χ1) is 13.7. The Morgan fingerprint density at radius 3 is 2.07 bits per heavy atom. The number of anilines is 2. The van der Waals surface area contributed by atoms with Gasteiger partial charge in [0, 0.05) is 5.56 Å². The summed E-state index contributed by atoms with van der Waals surface area (Å²) in [5, 5.41) is 9.00. The SMILES string of the molecule is C/C=C(/C)c1ccc(C2=NN(c3ccccc3)CN(c3ccccc3)N2)cc1. The third-order valence-electron chi connectivity index (χ3n) is 4.91. The lowest BCUT2D eigenvalue weighted by Crippen LogP contribution is -2.53. The van der Waals surface area contributed by atoms with Gasteiger partial charge in [-0.2, -0.15) is 5.10 Å². The van der Waals surface area contributed by atoms with E-state index in [4.69, 9.17) is 5.10 Å². The molecule has 1 aliphatic rings. The van der Waals surface area contributed by atoms with E-state index in [1.807, 2.05) is 41.4 Å². The van der Waals surface area contributed by atoms with Crippen LogP contribution < -0.4 is 15.4 Å². The van der Waals surface area contributed by atoms with Gasteiger partial charge in [-0.15, -0.1) is 0 Å². The van der Waals surface area contributed by atoms with E-state index in [-0.39, 0.29) is 0 Å². The van der Waals surface area contributed by atoms with E-state index >= 15 is 0 Å². The number of rotatable bonds is 4. The second kappa shape index (κ2) is 8.01. The van der Waals surface area contributed by atoms with Crippen LogP contribution in [0.2, 0.25) is 0 Å². The van der Waals surface area contributed by atoms with Gasteiger partial charge in [0.25, 0.3) is 0 Å². The van der Waals surface area contributed by atoms with Gasteiger partial charge in [0.2, 0.25) is 0 Å². The van der Waals surface area contributed by atoms with Gasteiger partial charge in [-0.25, -0.2) is 5.01 Å². The maximum atomic E-state index is 4.88. The van der Waals surface area contributed by atoms with Crippen LogP contribution in [0.5, 0.6) is 0 Å². The van der Waals surface area contributed by atoms with Crippen LogP contribution in [0.3, 0.4) is 0 Å². The number of nitrogens with one attached hydrogen (secondary N) is 1. The molecule has 1 heterocycles. The molecule has 0 saturated carbocycles. The van der Waals surface area contributed by atoms with Gasteiger partial charge in [-0.1, -0.05) is 66.7 Å². The number of amidine groups is 1. The van der Waals surface area contributed by atoms with E-state index in [9.17, 15) is 0 Å². The number of benzene rings is 3. The molecule has 0 unspecified atom stereocenters. The number of hydrogen-bond acceptors (Lipinski definition) is 4. The van der Waals surface area contributed by atoms with Crippen molar-refractivity contribution in [2.45, 2.75) is 13.8 Å². The summed E-state index contributed by atoms with van der Waals surface area (Å²) in [5.74, 6) is 0.823. The highest BCUT2D eigenvalue weighted by Crippen LogP contribution is 2.22. The van der Waals surface area contributed by atoms with Crippen molar-refractivity contribution in [3.8, 4) is 0 Å². The molecular formula is C24H24N4. The Bertz CT molecular complexity index is 976. The molecule has 1 aliphatic heterocycles. The number of nitrogens with zero attached hydrogens (tertiary/aromatic N) is 3. The molecule has 3 aromatic carbocycles. The summed E-state index contributed by atoms with van der Waals surface area (Å²) in [7, 11) is 0. The molecular weight excluding hydrogens is 344 g/mol. The van der Waals surface area contributed by atoms with Crippen molar-refractivity contribution in [3.05, 3.63) is 102 Å². The minimum Gasteiger partial charge on any atom is -0.278 e. The highest BCUT2D eigenvalue weighted by Gasteiger charge is 2.21. The van der Waals surface area contributed by atoms with E-state index in [0.717, 1.165) is 22.8 Å². The Labute approximate surface area is 166 Å². The summed E-state index contributed by atoms with van der Waals surface area (Å²) >= 11 is 0. The molecule has 0 fully saturated rings. The van der Waals surface area contributed by atoms with E-state index in [0.29, 0.717) is 6.67 Å². The van der Waals surface area contributed by atoms with Crippen LogP contribution in [0.15, 0.2) is 96.1 Å². The fourth-order valence-electron chi connectivity index (χ4n) is 3.15. The fourth-order valence-corrected chi connectivity index (χ4v) is 3.15. The maximum Gasteiger partial charge on any atom is 0.172 e. The third-order valence-corrected chi connectivity index (χ3v) is 4.91. The lowest BCUT2D eigenvalue weighted by molar-refractivity contribution is 0.679. The van der Waals surface area contributed by atoms with E-state index in [1.54, 1.807) is 0 Å². The average Bonchev–Trinajstić information content (AvgIpc) is 2.79. The number of hydrogen-bond donors (Lipinski definition) is 1. The van der Waals surface area contributed by atoms with Crippen molar-refractivity contribution >= 4 is 22.8 Å². The Balaban J connectivity index is 1.70. The largest absolute Gasteiger partial charge is 0.278 e. The molecule has 4 nitrogen and oxygen atoms in total. The molecule has 1 N–H and O–H groups in total. The predicted molar refractivity (Wildman–Crippen MR) is 118 cm³/mol. The quantitative estimate of drug-likeness (QED) is 0.681. The summed E-state index contributed by atoms with van der Waals surface area (Å²) in [6, 6.07) is 29.1. The van der Waals surface area contributed by atoms with Crippen molar-refractivity contribution < 1.29 is 0 Å². The molecule has 0 spiro atoms. The third kappa shape index (κ3) is 3.76. The molecule has 4 heteroatoms. The summed E-state index contributed by atoms with van der Waals surface area (Å²) in [4.78, 5) is 0. The van der Waals surface area contributed by atoms with Gasteiger partial charge in [0.1, 0.15) is 6.67 Å². The fraction of sp³-hybridized carbons (Fsp3) is 0.125. The lowest BCUT2D eigenvalue weighted by atomic mass is 10.0. The summed E-state index contributed by atoms with van der Waals surface area (Å²) in [6.07, 6.45) is 2.12. The second-order valence-corrected chi connectivity index (χ2v) is 6.75. The van der Waals surface area contributed by atoms with Crippen LogP contribution in [-0.4, -0.2) is 12.5 Å². The van der Waals surface area contributed by atoms with Crippen LogP contribution in [0.4, 0.5) is 11.4 Å². The molecule has 0 radical (unpaired) electrons. The predicted octanol–water partition coefficient (Wildman–Crippen LogP) is 5.26. The highest BCUT2D eigenvalue weighted by molar-refractivity contribution is 6.01. The Hall–Kier alpha value is -3.53. The maximum absolute atomic E-state index is 4.88. The monoisotopic (exact) mass is 368 g/mol.